The third kappa shape index (κ3) is 3.91. The van der Waals surface area contributed by atoms with E-state index in [1.54, 1.807) is 14.0 Å². The molecule has 0 aliphatic carbocycles. The first-order valence-corrected chi connectivity index (χ1v) is 8.10. The molecule has 0 atom stereocenters. The molecule has 1 aromatic carbocycles. The van der Waals surface area contributed by atoms with Crippen LogP contribution < -0.4 is 4.74 Å². The molecule has 7 heteroatoms. The lowest BCUT2D eigenvalue weighted by molar-refractivity contribution is 0.0636. The van der Waals surface area contributed by atoms with Gasteiger partial charge in [0.05, 0.1) is 7.11 Å². The van der Waals surface area contributed by atoms with Crippen molar-refractivity contribution in [1.82, 2.24) is 20.0 Å². The number of benzene rings is 1. The van der Waals surface area contributed by atoms with Crippen LogP contribution in [-0.4, -0.2) is 65.7 Å². The third-order valence-corrected chi connectivity index (χ3v) is 4.21. The van der Waals surface area contributed by atoms with Gasteiger partial charge in [-0.25, -0.2) is 0 Å². The molecule has 0 radical (unpaired) electrons. The second kappa shape index (κ2) is 7.44. The van der Waals surface area contributed by atoms with Crippen LogP contribution >= 0.6 is 0 Å². The quantitative estimate of drug-likeness (QED) is 0.825. The van der Waals surface area contributed by atoms with Crippen molar-refractivity contribution in [2.24, 2.45) is 0 Å². The van der Waals surface area contributed by atoms with E-state index in [2.05, 4.69) is 15.1 Å². The Morgan fingerprint density at radius 3 is 2.46 bits per heavy atom. The molecule has 1 amide bonds. The number of hydrogen-bond donors (Lipinski definition) is 0. The Labute approximate surface area is 141 Å². The molecule has 24 heavy (non-hydrogen) atoms. The maximum absolute atomic E-state index is 12.5. The van der Waals surface area contributed by atoms with Gasteiger partial charge in [-0.1, -0.05) is 0 Å². The van der Waals surface area contributed by atoms with Crippen molar-refractivity contribution in [2.45, 2.75) is 13.3 Å². The molecule has 1 saturated heterocycles. The number of nitrogens with zero attached hydrogens (tertiary/aromatic N) is 4. The fraction of sp³-hybridized carbons (Fsp3) is 0.471. The van der Waals surface area contributed by atoms with Gasteiger partial charge in [-0.05, 0) is 24.3 Å². The maximum atomic E-state index is 12.5. The standard InChI is InChI=1S/C17H22N4O3/c1-13-18-19-16(24-13)7-8-20-9-11-21(12-10-20)17(22)14-3-5-15(23-2)6-4-14/h3-6H,7-12H2,1-2H3. The topological polar surface area (TPSA) is 71.7 Å². The molecule has 128 valence electrons. The molecular weight excluding hydrogens is 308 g/mol. The molecule has 0 bridgehead atoms. The van der Waals surface area contributed by atoms with Crippen molar-refractivity contribution in [3.63, 3.8) is 0 Å². The summed E-state index contributed by atoms with van der Waals surface area (Å²) in [7, 11) is 1.62. The molecule has 0 saturated carbocycles. The number of aromatic nitrogens is 2. The number of aryl methyl sites for hydroxylation is 1. The Bertz CT molecular complexity index is 675. The van der Waals surface area contributed by atoms with Crippen LogP contribution in [0.15, 0.2) is 28.7 Å². The number of carbonyl (C=O) groups excluding carboxylic acids is 1. The first-order chi connectivity index (χ1) is 11.7. The van der Waals surface area contributed by atoms with Gasteiger partial charge in [-0.15, -0.1) is 10.2 Å². The minimum Gasteiger partial charge on any atom is -0.497 e. The van der Waals surface area contributed by atoms with Gasteiger partial charge in [0.1, 0.15) is 5.75 Å². The Morgan fingerprint density at radius 1 is 1.17 bits per heavy atom. The van der Waals surface area contributed by atoms with Gasteiger partial charge in [0.25, 0.3) is 5.91 Å². The fourth-order valence-electron chi connectivity index (χ4n) is 2.78. The SMILES string of the molecule is COc1ccc(C(=O)N2CCN(CCc3nnc(C)o3)CC2)cc1. The average Bonchev–Trinajstić information content (AvgIpc) is 3.05. The zero-order valence-electron chi connectivity index (χ0n) is 14.1. The molecule has 0 spiro atoms. The number of carbonyl (C=O) groups is 1. The highest BCUT2D eigenvalue weighted by molar-refractivity contribution is 5.94. The Balaban J connectivity index is 1.48. The van der Waals surface area contributed by atoms with E-state index in [1.165, 1.54) is 0 Å². The van der Waals surface area contributed by atoms with E-state index >= 15 is 0 Å². The van der Waals surface area contributed by atoms with Crippen molar-refractivity contribution < 1.29 is 13.9 Å². The summed E-state index contributed by atoms with van der Waals surface area (Å²) in [5.41, 5.74) is 0.700. The lowest BCUT2D eigenvalue weighted by atomic mass is 10.1. The van der Waals surface area contributed by atoms with Crippen molar-refractivity contribution in [3.05, 3.63) is 41.6 Å². The van der Waals surface area contributed by atoms with Crippen LogP contribution in [0.5, 0.6) is 5.75 Å². The first kappa shape index (κ1) is 16.4. The summed E-state index contributed by atoms with van der Waals surface area (Å²) in [6, 6.07) is 7.25. The molecule has 1 aliphatic rings. The summed E-state index contributed by atoms with van der Waals surface area (Å²) in [5, 5.41) is 7.84. The zero-order valence-corrected chi connectivity index (χ0v) is 14.1. The zero-order chi connectivity index (χ0) is 16.9. The number of methoxy groups -OCH3 is 1. The summed E-state index contributed by atoms with van der Waals surface area (Å²) in [6.07, 6.45) is 0.743. The molecule has 3 rings (SSSR count). The van der Waals surface area contributed by atoms with E-state index in [0.29, 0.717) is 17.3 Å². The molecule has 1 aliphatic heterocycles. The molecule has 2 heterocycles. The van der Waals surface area contributed by atoms with Gasteiger partial charge in [0.2, 0.25) is 11.8 Å². The van der Waals surface area contributed by atoms with Crippen LogP contribution in [0, 0.1) is 6.92 Å². The van der Waals surface area contributed by atoms with E-state index in [1.807, 2.05) is 29.2 Å². The van der Waals surface area contributed by atoms with Gasteiger partial charge in [0.15, 0.2) is 0 Å². The number of rotatable bonds is 5. The Kier molecular flexibility index (Phi) is 5.10. The highest BCUT2D eigenvalue weighted by Gasteiger charge is 2.22. The smallest absolute Gasteiger partial charge is 0.253 e. The van der Waals surface area contributed by atoms with Crippen molar-refractivity contribution >= 4 is 5.91 Å². The highest BCUT2D eigenvalue weighted by Crippen LogP contribution is 2.14. The summed E-state index contributed by atoms with van der Waals surface area (Å²) < 4.78 is 10.5. The number of hydrogen-bond acceptors (Lipinski definition) is 6. The lowest BCUT2D eigenvalue weighted by Gasteiger charge is -2.34. The number of amides is 1. The van der Waals surface area contributed by atoms with Crippen LogP contribution in [0.1, 0.15) is 22.1 Å². The van der Waals surface area contributed by atoms with Gasteiger partial charge >= 0.3 is 0 Å². The fourth-order valence-corrected chi connectivity index (χ4v) is 2.78. The molecule has 1 aromatic heterocycles. The Hall–Kier alpha value is -2.41. The maximum Gasteiger partial charge on any atom is 0.253 e. The van der Waals surface area contributed by atoms with Crippen LogP contribution in [-0.2, 0) is 6.42 Å². The van der Waals surface area contributed by atoms with Crippen molar-refractivity contribution in [2.75, 3.05) is 39.8 Å². The second-order valence-electron chi connectivity index (χ2n) is 5.83. The van der Waals surface area contributed by atoms with Gasteiger partial charge in [0, 0.05) is 51.6 Å². The summed E-state index contributed by atoms with van der Waals surface area (Å²) in [5.74, 6) is 2.10. The lowest BCUT2D eigenvalue weighted by Crippen LogP contribution is -2.49. The number of piperazine rings is 1. The van der Waals surface area contributed by atoms with Crippen LogP contribution in [0.3, 0.4) is 0 Å². The van der Waals surface area contributed by atoms with Gasteiger partial charge in [-0.2, -0.15) is 0 Å². The molecular formula is C17H22N4O3. The molecule has 0 unspecified atom stereocenters. The molecule has 2 aromatic rings. The van der Waals surface area contributed by atoms with E-state index in [9.17, 15) is 4.79 Å². The first-order valence-electron chi connectivity index (χ1n) is 8.10. The average molecular weight is 330 g/mol. The highest BCUT2D eigenvalue weighted by atomic mass is 16.5. The minimum absolute atomic E-state index is 0.0739. The molecule has 1 fully saturated rings. The second-order valence-corrected chi connectivity index (χ2v) is 5.83. The van der Waals surface area contributed by atoms with E-state index < -0.39 is 0 Å². The monoisotopic (exact) mass is 330 g/mol. The summed E-state index contributed by atoms with van der Waals surface area (Å²) >= 11 is 0. The normalized spacial score (nSPS) is 15.5. The van der Waals surface area contributed by atoms with Crippen LogP contribution in [0.25, 0.3) is 0 Å². The Morgan fingerprint density at radius 2 is 1.88 bits per heavy atom. The summed E-state index contributed by atoms with van der Waals surface area (Å²) in [6.45, 7) is 5.83. The summed E-state index contributed by atoms with van der Waals surface area (Å²) in [4.78, 5) is 16.7. The van der Waals surface area contributed by atoms with E-state index in [-0.39, 0.29) is 5.91 Å². The van der Waals surface area contributed by atoms with Gasteiger partial charge < -0.3 is 14.1 Å². The predicted molar refractivity (Wildman–Crippen MR) is 88.1 cm³/mol. The van der Waals surface area contributed by atoms with Gasteiger partial charge in [-0.3, -0.25) is 9.69 Å². The van der Waals surface area contributed by atoms with Crippen LogP contribution in [0.2, 0.25) is 0 Å². The van der Waals surface area contributed by atoms with Crippen LogP contribution in [0.4, 0.5) is 0 Å². The third-order valence-electron chi connectivity index (χ3n) is 4.21. The predicted octanol–water partition coefficient (Wildman–Crippen LogP) is 1.39. The molecule has 0 N–H and O–H groups in total. The molecule has 7 nitrogen and oxygen atoms in total. The number of ether oxygens (including phenoxy) is 1. The minimum atomic E-state index is 0.0739. The van der Waals surface area contributed by atoms with Crippen molar-refractivity contribution in [1.29, 1.82) is 0 Å². The largest absolute Gasteiger partial charge is 0.497 e. The van der Waals surface area contributed by atoms with Crippen molar-refractivity contribution in [3.8, 4) is 5.75 Å². The van der Waals surface area contributed by atoms with E-state index in [4.69, 9.17) is 9.15 Å². The van der Waals surface area contributed by atoms with E-state index in [0.717, 1.165) is 44.9 Å².